The van der Waals surface area contributed by atoms with Crippen LogP contribution in [0.5, 0.6) is 5.75 Å². The highest BCUT2D eigenvalue weighted by Gasteiger charge is 2.14. The molecule has 0 radical (unpaired) electrons. The summed E-state index contributed by atoms with van der Waals surface area (Å²) in [7, 11) is -3.32. The summed E-state index contributed by atoms with van der Waals surface area (Å²) in [4.78, 5) is 4.06. The molecule has 0 aliphatic rings. The van der Waals surface area contributed by atoms with Crippen LogP contribution < -0.4 is 11.1 Å². The van der Waals surface area contributed by atoms with Crippen LogP contribution >= 0.6 is 0 Å². The van der Waals surface area contributed by atoms with Crippen molar-refractivity contribution in [1.82, 2.24) is 4.98 Å². The number of nitrogen functional groups attached to an aromatic ring is 1. The monoisotopic (exact) mass is 293 g/mol. The van der Waals surface area contributed by atoms with Crippen LogP contribution in [0.2, 0.25) is 0 Å². The Balaban J connectivity index is 2.36. The van der Waals surface area contributed by atoms with Crippen LogP contribution in [0.15, 0.2) is 41.4 Å². The van der Waals surface area contributed by atoms with E-state index in [1.807, 2.05) is 0 Å². The van der Waals surface area contributed by atoms with E-state index in [-0.39, 0.29) is 16.4 Å². The molecule has 20 heavy (non-hydrogen) atoms. The number of hydrogen-bond donors (Lipinski definition) is 3. The minimum absolute atomic E-state index is 0.000636. The van der Waals surface area contributed by atoms with Crippen molar-refractivity contribution in [3.8, 4) is 5.75 Å². The molecule has 4 N–H and O–H groups in total. The minimum atomic E-state index is -3.32. The summed E-state index contributed by atoms with van der Waals surface area (Å²) in [6.45, 7) is 1.57. The summed E-state index contributed by atoms with van der Waals surface area (Å²) < 4.78 is 23.6. The van der Waals surface area contributed by atoms with Gasteiger partial charge in [0, 0.05) is 0 Å². The summed E-state index contributed by atoms with van der Waals surface area (Å²) in [5, 5.41) is 12.7. The molecule has 0 aliphatic heterocycles. The molecule has 2 rings (SSSR count). The number of phenolic OH excluding ortho intramolecular Hbond substituents is 1. The largest absolute Gasteiger partial charge is 0.506 e. The smallest absolute Gasteiger partial charge is 0.178 e. The Kier molecular flexibility index (Phi) is 3.80. The van der Waals surface area contributed by atoms with E-state index in [9.17, 15) is 13.5 Å². The Hall–Kier alpha value is -2.28. The van der Waals surface area contributed by atoms with Crippen molar-refractivity contribution in [3.63, 3.8) is 0 Å². The van der Waals surface area contributed by atoms with E-state index in [0.29, 0.717) is 17.2 Å². The van der Waals surface area contributed by atoms with Gasteiger partial charge in [0.2, 0.25) is 0 Å². The van der Waals surface area contributed by atoms with Crippen LogP contribution in [0.25, 0.3) is 0 Å². The molecule has 6 nitrogen and oxygen atoms in total. The number of aromatic nitrogens is 1. The molecule has 0 fully saturated rings. The molecule has 7 heteroatoms. The fourth-order valence-corrected chi connectivity index (χ4v) is 2.52. The zero-order valence-electron chi connectivity index (χ0n) is 10.9. The van der Waals surface area contributed by atoms with Gasteiger partial charge in [-0.15, -0.1) is 0 Å². The quantitative estimate of drug-likeness (QED) is 0.744. The Morgan fingerprint density at radius 1 is 1.30 bits per heavy atom. The SMILES string of the molecule is CCS(=O)(=O)c1ccc(O)c(Nc2ccc(N)nc2)c1. The molecule has 0 spiro atoms. The molecule has 1 aromatic heterocycles. The normalized spacial score (nSPS) is 11.2. The molecular formula is C13H15N3O3S. The van der Waals surface area contributed by atoms with Crippen molar-refractivity contribution in [2.75, 3.05) is 16.8 Å². The third-order valence-corrected chi connectivity index (χ3v) is 4.50. The maximum atomic E-state index is 11.8. The topological polar surface area (TPSA) is 105 Å². The number of nitrogens with two attached hydrogens (primary N) is 1. The number of anilines is 3. The number of sulfone groups is 1. The van der Waals surface area contributed by atoms with Gasteiger partial charge in [0.25, 0.3) is 0 Å². The maximum Gasteiger partial charge on any atom is 0.178 e. The van der Waals surface area contributed by atoms with Gasteiger partial charge in [-0.2, -0.15) is 0 Å². The van der Waals surface area contributed by atoms with E-state index in [1.54, 1.807) is 19.1 Å². The molecule has 106 valence electrons. The predicted octanol–water partition coefficient (Wildman–Crippen LogP) is 1.91. The van der Waals surface area contributed by atoms with Gasteiger partial charge < -0.3 is 16.2 Å². The van der Waals surface area contributed by atoms with Crippen molar-refractivity contribution < 1.29 is 13.5 Å². The average Bonchev–Trinajstić information content (AvgIpc) is 2.43. The van der Waals surface area contributed by atoms with E-state index < -0.39 is 9.84 Å². The number of aromatic hydroxyl groups is 1. The van der Waals surface area contributed by atoms with Crippen LogP contribution in [-0.4, -0.2) is 24.3 Å². The minimum Gasteiger partial charge on any atom is -0.506 e. The number of benzene rings is 1. The van der Waals surface area contributed by atoms with Crippen molar-refractivity contribution in [2.24, 2.45) is 0 Å². The lowest BCUT2D eigenvalue weighted by Gasteiger charge is -2.10. The highest BCUT2D eigenvalue weighted by molar-refractivity contribution is 7.91. The van der Waals surface area contributed by atoms with Crippen molar-refractivity contribution in [1.29, 1.82) is 0 Å². The summed E-state index contributed by atoms with van der Waals surface area (Å²) in [5.41, 5.74) is 6.38. The number of nitrogens with one attached hydrogen (secondary N) is 1. The number of pyridine rings is 1. The lowest BCUT2D eigenvalue weighted by atomic mass is 10.3. The first-order chi connectivity index (χ1) is 9.42. The predicted molar refractivity (Wildman–Crippen MR) is 77.8 cm³/mol. The van der Waals surface area contributed by atoms with Gasteiger partial charge in [0.05, 0.1) is 28.2 Å². The van der Waals surface area contributed by atoms with E-state index in [4.69, 9.17) is 5.73 Å². The Morgan fingerprint density at radius 2 is 2.05 bits per heavy atom. The zero-order valence-corrected chi connectivity index (χ0v) is 11.7. The molecular weight excluding hydrogens is 278 g/mol. The van der Waals surface area contributed by atoms with E-state index in [0.717, 1.165) is 0 Å². The summed E-state index contributed by atoms with van der Waals surface area (Å²) in [6.07, 6.45) is 1.50. The lowest BCUT2D eigenvalue weighted by Crippen LogP contribution is -2.04. The highest BCUT2D eigenvalue weighted by Crippen LogP contribution is 2.29. The first kappa shape index (κ1) is 14.1. The fraction of sp³-hybridized carbons (Fsp3) is 0.154. The van der Waals surface area contributed by atoms with Crippen molar-refractivity contribution in [3.05, 3.63) is 36.5 Å². The van der Waals surface area contributed by atoms with Crippen molar-refractivity contribution in [2.45, 2.75) is 11.8 Å². The molecule has 0 saturated heterocycles. The summed E-state index contributed by atoms with van der Waals surface area (Å²) >= 11 is 0. The number of phenols is 1. The van der Waals surface area contributed by atoms with E-state index >= 15 is 0 Å². The van der Waals surface area contributed by atoms with Gasteiger partial charge in [-0.3, -0.25) is 0 Å². The van der Waals surface area contributed by atoms with Crippen LogP contribution in [-0.2, 0) is 9.84 Å². The Labute approximate surface area is 117 Å². The molecule has 0 atom stereocenters. The zero-order chi connectivity index (χ0) is 14.8. The Morgan fingerprint density at radius 3 is 2.65 bits per heavy atom. The average molecular weight is 293 g/mol. The van der Waals surface area contributed by atoms with Gasteiger partial charge in [-0.25, -0.2) is 13.4 Å². The van der Waals surface area contributed by atoms with Crippen LogP contribution in [0.3, 0.4) is 0 Å². The second kappa shape index (κ2) is 5.38. The van der Waals surface area contributed by atoms with Gasteiger partial charge in [-0.05, 0) is 30.3 Å². The van der Waals surface area contributed by atoms with Crippen LogP contribution in [0, 0.1) is 0 Å². The summed E-state index contributed by atoms with van der Waals surface area (Å²) in [6, 6.07) is 7.40. The van der Waals surface area contributed by atoms with Crippen LogP contribution in [0.1, 0.15) is 6.92 Å². The van der Waals surface area contributed by atoms with Crippen molar-refractivity contribution >= 4 is 27.0 Å². The molecule has 0 bridgehead atoms. The molecule has 0 aliphatic carbocycles. The number of nitrogens with zero attached hydrogens (tertiary/aromatic N) is 1. The molecule has 0 unspecified atom stereocenters. The number of hydrogen-bond acceptors (Lipinski definition) is 6. The second-order valence-corrected chi connectivity index (χ2v) is 6.46. The first-order valence-corrected chi connectivity index (χ1v) is 7.62. The molecule has 1 aromatic carbocycles. The van der Waals surface area contributed by atoms with Gasteiger partial charge >= 0.3 is 0 Å². The van der Waals surface area contributed by atoms with Gasteiger partial charge in [0.1, 0.15) is 11.6 Å². The van der Waals surface area contributed by atoms with Crippen LogP contribution in [0.4, 0.5) is 17.2 Å². The van der Waals surface area contributed by atoms with Gasteiger partial charge in [-0.1, -0.05) is 6.92 Å². The fourth-order valence-electron chi connectivity index (χ4n) is 1.61. The summed E-state index contributed by atoms with van der Waals surface area (Å²) in [5.74, 6) is 0.333. The number of rotatable bonds is 4. The second-order valence-electron chi connectivity index (χ2n) is 4.18. The standard InChI is InChI=1S/C13H15N3O3S/c1-2-20(18,19)10-4-5-12(17)11(7-10)16-9-3-6-13(14)15-8-9/h3-8,16-17H,2H2,1H3,(H2,14,15). The third-order valence-electron chi connectivity index (χ3n) is 2.77. The lowest BCUT2D eigenvalue weighted by molar-refractivity contribution is 0.477. The molecule has 0 amide bonds. The molecule has 0 saturated carbocycles. The molecule has 2 aromatic rings. The van der Waals surface area contributed by atoms with E-state index in [2.05, 4.69) is 10.3 Å². The van der Waals surface area contributed by atoms with E-state index in [1.165, 1.54) is 24.4 Å². The third kappa shape index (κ3) is 3.00. The molecule has 1 heterocycles. The maximum absolute atomic E-state index is 11.8. The first-order valence-electron chi connectivity index (χ1n) is 5.96. The van der Waals surface area contributed by atoms with Gasteiger partial charge in [0.15, 0.2) is 9.84 Å². The Bertz CT molecular complexity index is 712. The highest BCUT2D eigenvalue weighted by atomic mass is 32.2.